The van der Waals surface area contributed by atoms with Crippen LogP contribution in [0.15, 0.2) is 66.9 Å². The molecule has 0 radical (unpaired) electrons. The predicted molar refractivity (Wildman–Crippen MR) is 147 cm³/mol. The van der Waals surface area contributed by atoms with Crippen molar-refractivity contribution in [2.75, 3.05) is 25.1 Å². The molecule has 0 saturated carbocycles. The molecule has 12 heteroatoms. The van der Waals surface area contributed by atoms with Crippen molar-refractivity contribution in [3.63, 3.8) is 0 Å². The van der Waals surface area contributed by atoms with Gasteiger partial charge in [-0.25, -0.2) is 19.3 Å². The average Bonchev–Trinajstić information content (AvgIpc) is 3.43. The van der Waals surface area contributed by atoms with E-state index in [-0.39, 0.29) is 43.9 Å². The molecule has 1 aliphatic heterocycles. The van der Waals surface area contributed by atoms with Crippen LogP contribution in [0.4, 0.5) is 10.3 Å². The normalized spacial score (nSPS) is 18.5. The van der Waals surface area contributed by atoms with E-state index in [0.29, 0.717) is 35.0 Å². The second-order valence-electron chi connectivity index (χ2n) is 9.87. The fourth-order valence-corrected chi connectivity index (χ4v) is 4.26. The third-order valence-corrected chi connectivity index (χ3v) is 6.55. The lowest BCUT2D eigenvalue weighted by atomic mass is 9.91. The number of aliphatic carboxylic acids is 1. The lowest BCUT2D eigenvalue weighted by Gasteiger charge is -2.35. The highest BCUT2D eigenvalue weighted by Crippen LogP contribution is 2.35. The molecule has 2 aromatic heterocycles. The minimum atomic E-state index is -0.942. The van der Waals surface area contributed by atoms with Gasteiger partial charge in [0, 0.05) is 24.8 Å². The molecule has 212 valence electrons. The van der Waals surface area contributed by atoms with Crippen LogP contribution in [0.1, 0.15) is 31.0 Å². The molecule has 5 rings (SSSR count). The second-order valence-corrected chi connectivity index (χ2v) is 9.87. The van der Waals surface area contributed by atoms with E-state index in [9.17, 15) is 14.0 Å². The van der Waals surface area contributed by atoms with Crippen LogP contribution in [0.5, 0.6) is 0 Å². The highest BCUT2D eigenvalue weighted by atomic mass is 19.1. The Labute approximate surface area is 235 Å². The first kappa shape index (κ1) is 27.9. The number of aromatic nitrogens is 4. The summed E-state index contributed by atoms with van der Waals surface area (Å²) in [5, 5.41) is 14.7. The van der Waals surface area contributed by atoms with Crippen molar-refractivity contribution >= 4 is 17.8 Å². The Morgan fingerprint density at radius 2 is 1.80 bits per heavy atom. The number of carbonyl (C=O) groups excluding carboxylic acids is 1. The summed E-state index contributed by atoms with van der Waals surface area (Å²) in [5.74, 6) is -0.919. The zero-order valence-electron chi connectivity index (χ0n) is 22.3. The number of carboxylic acid groups (broad SMARTS) is 1. The van der Waals surface area contributed by atoms with Gasteiger partial charge in [0.25, 0.3) is 0 Å². The van der Waals surface area contributed by atoms with Gasteiger partial charge in [0.2, 0.25) is 18.1 Å². The van der Waals surface area contributed by atoms with Gasteiger partial charge in [-0.15, -0.1) is 0 Å². The number of carboxylic acids is 1. The van der Waals surface area contributed by atoms with Gasteiger partial charge in [-0.2, -0.15) is 0 Å². The molecular weight excluding hydrogens is 531 g/mol. The maximum Gasteiger partial charge on any atom is 0.305 e. The van der Waals surface area contributed by atoms with Gasteiger partial charge in [0.1, 0.15) is 5.82 Å². The van der Waals surface area contributed by atoms with Crippen molar-refractivity contribution in [3.05, 3.63) is 84.1 Å². The number of hydrogen-bond acceptors (Lipinski definition) is 8. The predicted octanol–water partition coefficient (Wildman–Crippen LogP) is 3.93. The monoisotopic (exact) mass is 560 g/mol. The molecule has 41 heavy (non-hydrogen) atoms. The maximum absolute atomic E-state index is 13.7. The number of halogens is 1. The van der Waals surface area contributed by atoms with E-state index in [1.165, 1.54) is 18.3 Å². The number of aromatic amines is 1. The molecule has 0 bridgehead atoms. The summed E-state index contributed by atoms with van der Waals surface area (Å²) in [7, 11) is 0. The number of imidazole rings is 1. The number of ether oxygens (including phenoxy) is 2. The molecule has 0 aliphatic carbocycles. The number of rotatable bonds is 10. The Morgan fingerprint density at radius 3 is 2.51 bits per heavy atom. The number of benzene rings is 2. The van der Waals surface area contributed by atoms with Crippen LogP contribution in [-0.2, 0) is 25.6 Å². The second kappa shape index (κ2) is 12.2. The first-order valence-corrected chi connectivity index (χ1v) is 13.0. The molecule has 0 atom stereocenters. The molecule has 1 aliphatic rings. The molecule has 0 unspecified atom stereocenters. The van der Waals surface area contributed by atoms with Crippen molar-refractivity contribution in [2.24, 2.45) is 5.41 Å². The SMILES string of the molecule is CC1(C(=O)NCc2ccccc2)COC(c2nc(-c3ccc(F)cc3)c(-c3ccnc(NCCC(=O)O)n3)[nH]2)OC1. The van der Waals surface area contributed by atoms with E-state index in [0.717, 1.165) is 5.56 Å². The maximum atomic E-state index is 13.7. The van der Waals surface area contributed by atoms with Gasteiger partial charge >= 0.3 is 5.97 Å². The Hall–Kier alpha value is -4.68. The first-order valence-electron chi connectivity index (χ1n) is 13.0. The quantitative estimate of drug-likeness (QED) is 0.226. The van der Waals surface area contributed by atoms with E-state index in [2.05, 4.69) is 25.6 Å². The van der Waals surface area contributed by atoms with Crippen LogP contribution in [0.3, 0.4) is 0 Å². The molecule has 1 fully saturated rings. The van der Waals surface area contributed by atoms with Crippen LogP contribution >= 0.6 is 0 Å². The van der Waals surface area contributed by atoms with Crippen molar-refractivity contribution in [1.29, 1.82) is 0 Å². The number of nitrogens with zero attached hydrogens (tertiary/aromatic N) is 3. The number of nitrogens with one attached hydrogen (secondary N) is 3. The molecule has 4 N–H and O–H groups in total. The minimum absolute atomic E-state index is 0.0951. The van der Waals surface area contributed by atoms with Crippen molar-refractivity contribution in [3.8, 4) is 22.6 Å². The molecule has 4 aromatic rings. The highest BCUT2D eigenvalue weighted by Gasteiger charge is 2.40. The largest absolute Gasteiger partial charge is 0.481 e. The third kappa shape index (κ3) is 6.73. The number of anilines is 1. The number of carbonyl (C=O) groups is 2. The van der Waals surface area contributed by atoms with E-state index in [1.54, 1.807) is 25.1 Å². The van der Waals surface area contributed by atoms with Crippen LogP contribution in [0.25, 0.3) is 22.6 Å². The Morgan fingerprint density at radius 1 is 1.07 bits per heavy atom. The number of hydrogen-bond donors (Lipinski definition) is 4. The van der Waals surface area contributed by atoms with E-state index < -0.39 is 17.7 Å². The molecule has 1 amide bonds. The van der Waals surface area contributed by atoms with Crippen LogP contribution in [0, 0.1) is 11.2 Å². The van der Waals surface area contributed by atoms with Crippen LogP contribution in [0.2, 0.25) is 0 Å². The fourth-order valence-electron chi connectivity index (χ4n) is 4.26. The van der Waals surface area contributed by atoms with E-state index in [1.807, 2.05) is 30.3 Å². The smallest absolute Gasteiger partial charge is 0.305 e. The highest BCUT2D eigenvalue weighted by molar-refractivity contribution is 5.82. The summed E-state index contributed by atoms with van der Waals surface area (Å²) in [6.45, 7) is 2.53. The summed E-state index contributed by atoms with van der Waals surface area (Å²) in [5.41, 5.74) is 2.18. The number of amides is 1. The first-order chi connectivity index (χ1) is 19.8. The zero-order valence-corrected chi connectivity index (χ0v) is 22.3. The van der Waals surface area contributed by atoms with E-state index >= 15 is 0 Å². The lowest BCUT2D eigenvalue weighted by molar-refractivity contribution is -0.231. The van der Waals surface area contributed by atoms with Crippen molar-refractivity contribution in [1.82, 2.24) is 25.3 Å². The molecule has 2 aromatic carbocycles. The van der Waals surface area contributed by atoms with Crippen LogP contribution < -0.4 is 10.6 Å². The topological polar surface area (TPSA) is 151 Å². The Balaban J connectivity index is 1.34. The average molecular weight is 561 g/mol. The molecule has 1 saturated heterocycles. The number of H-pyrrole nitrogens is 1. The third-order valence-electron chi connectivity index (χ3n) is 6.55. The van der Waals surface area contributed by atoms with Gasteiger partial charge in [0.05, 0.1) is 42.1 Å². The summed E-state index contributed by atoms with van der Waals surface area (Å²) in [6.07, 6.45) is 0.559. The zero-order chi connectivity index (χ0) is 28.8. The van der Waals surface area contributed by atoms with Crippen molar-refractivity contribution in [2.45, 2.75) is 26.2 Å². The summed E-state index contributed by atoms with van der Waals surface area (Å²) < 4.78 is 25.6. The fraction of sp³-hybridized carbons (Fsp3) is 0.276. The van der Waals surface area contributed by atoms with Crippen LogP contribution in [-0.4, -0.2) is 56.7 Å². The lowest BCUT2D eigenvalue weighted by Crippen LogP contribution is -2.48. The molecule has 3 heterocycles. The van der Waals surface area contributed by atoms with Gasteiger partial charge in [-0.3, -0.25) is 9.59 Å². The Bertz CT molecular complexity index is 1500. The van der Waals surface area contributed by atoms with Gasteiger partial charge < -0.3 is 30.2 Å². The Kier molecular flexibility index (Phi) is 8.31. The van der Waals surface area contributed by atoms with E-state index in [4.69, 9.17) is 19.6 Å². The summed E-state index contributed by atoms with van der Waals surface area (Å²) in [4.78, 5) is 40.4. The summed E-state index contributed by atoms with van der Waals surface area (Å²) >= 11 is 0. The summed E-state index contributed by atoms with van der Waals surface area (Å²) in [6, 6.07) is 17.2. The molecule has 0 spiro atoms. The van der Waals surface area contributed by atoms with Gasteiger partial charge in [-0.05, 0) is 42.8 Å². The standard InChI is InChI=1S/C29H29FN6O5/c1-29(27(39)33-15-18-5-3-2-4-6-18)16-40-26(41-17-29)25-35-23(19-7-9-20(30)10-8-19)24(36-25)21-11-13-31-28(34-21)32-14-12-22(37)38/h2-11,13,26H,12,14-17H2,1H3,(H,33,39)(H,35,36)(H,37,38)(H,31,32,34). The van der Waals surface area contributed by atoms with Gasteiger partial charge in [0.15, 0.2) is 5.82 Å². The molecule has 11 nitrogen and oxygen atoms in total. The van der Waals surface area contributed by atoms with Gasteiger partial charge in [-0.1, -0.05) is 30.3 Å². The minimum Gasteiger partial charge on any atom is -0.481 e. The molecular formula is C29H29FN6O5. The van der Waals surface area contributed by atoms with Crippen molar-refractivity contribution < 1.29 is 28.6 Å².